The molecule has 134 valence electrons. The second-order valence-corrected chi connectivity index (χ2v) is 8.23. The molecule has 2 rings (SSSR count). The molecule has 0 aliphatic carbocycles. The molecule has 1 saturated heterocycles. The summed E-state index contributed by atoms with van der Waals surface area (Å²) in [4.78, 5) is 14.4. The molecule has 1 N–H and O–H groups in total. The summed E-state index contributed by atoms with van der Waals surface area (Å²) in [6.45, 7) is 6.72. The predicted molar refractivity (Wildman–Crippen MR) is 95.1 cm³/mol. The van der Waals surface area contributed by atoms with Crippen molar-refractivity contribution in [3.05, 3.63) is 24.3 Å². The molecular formula is C17H26N2O4S. The molecule has 0 spiro atoms. The zero-order valence-electron chi connectivity index (χ0n) is 14.5. The number of nitrogens with one attached hydrogen (secondary N) is 1. The maximum absolute atomic E-state index is 12.7. The second-order valence-electron chi connectivity index (χ2n) is 6.00. The van der Waals surface area contributed by atoms with Crippen LogP contribution < -0.4 is 10.1 Å². The summed E-state index contributed by atoms with van der Waals surface area (Å²) in [6.07, 6.45) is 0.525. The Morgan fingerprint density at radius 2 is 2.00 bits per heavy atom. The lowest BCUT2D eigenvalue weighted by molar-refractivity contribution is -0.133. The molecule has 1 aliphatic heterocycles. The molecule has 0 aromatic heterocycles. The van der Waals surface area contributed by atoms with Crippen LogP contribution in [0.15, 0.2) is 24.3 Å². The average molecular weight is 354 g/mol. The first-order chi connectivity index (χ1) is 11.4. The minimum Gasteiger partial charge on any atom is -0.494 e. The summed E-state index contributed by atoms with van der Waals surface area (Å²) in [6, 6.07) is 6.80. The van der Waals surface area contributed by atoms with E-state index in [1.807, 2.05) is 38.1 Å². The highest BCUT2D eigenvalue weighted by atomic mass is 32.2. The standard InChI is InChI=1S/C17H26N2O4S/c1-4-19(15-10-11-24(21,22)12-15)17(20)13(3)18-14-6-8-16(9-7-14)23-5-2/h6-9,13,15,18H,4-5,10-12H2,1-3H3. The first-order valence-electron chi connectivity index (χ1n) is 8.36. The van der Waals surface area contributed by atoms with Crippen molar-refractivity contribution in [3.8, 4) is 5.75 Å². The summed E-state index contributed by atoms with van der Waals surface area (Å²) in [5, 5.41) is 3.17. The summed E-state index contributed by atoms with van der Waals surface area (Å²) in [7, 11) is -3.01. The van der Waals surface area contributed by atoms with E-state index >= 15 is 0 Å². The van der Waals surface area contributed by atoms with Gasteiger partial charge in [-0.3, -0.25) is 4.79 Å². The van der Waals surface area contributed by atoms with Gasteiger partial charge in [0.1, 0.15) is 11.8 Å². The molecule has 7 heteroatoms. The lowest BCUT2D eigenvalue weighted by Gasteiger charge is -2.30. The van der Waals surface area contributed by atoms with E-state index in [2.05, 4.69) is 5.32 Å². The van der Waals surface area contributed by atoms with Crippen LogP contribution in [-0.2, 0) is 14.6 Å². The van der Waals surface area contributed by atoms with Crippen LogP contribution in [0.1, 0.15) is 27.2 Å². The molecule has 1 amide bonds. The van der Waals surface area contributed by atoms with E-state index in [1.54, 1.807) is 11.8 Å². The predicted octanol–water partition coefficient (Wildman–Crippen LogP) is 1.92. The van der Waals surface area contributed by atoms with E-state index in [9.17, 15) is 13.2 Å². The van der Waals surface area contributed by atoms with Crippen molar-refractivity contribution in [1.29, 1.82) is 0 Å². The number of amides is 1. The van der Waals surface area contributed by atoms with Crippen LogP contribution >= 0.6 is 0 Å². The molecule has 0 radical (unpaired) electrons. The first-order valence-corrected chi connectivity index (χ1v) is 10.2. The summed E-state index contributed by atoms with van der Waals surface area (Å²) >= 11 is 0. The van der Waals surface area contributed by atoms with Crippen LogP contribution in [0.5, 0.6) is 5.75 Å². The minimum absolute atomic E-state index is 0.0718. The summed E-state index contributed by atoms with van der Waals surface area (Å²) < 4.78 is 28.7. The fraction of sp³-hybridized carbons (Fsp3) is 0.588. The fourth-order valence-corrected chi connectivity index (χ4v) is 4.72. The van der Waals surface area contributed by atoms with Crippen LogP contribution in [0.2, 0.25) is 0 Å². The third-order valence-corrected chi connectivity index (χ3v) is 5.94. The van der Waals surface area contributed by atoms with Crippen molar-refractivity contribution < 1.29 is 17.9 Å². The van der Waals surface area contributed by atoms with Crippen LogP contribution in [0.25, 0.3) is 0 Å². The van der Waals surface area contributed by atoms with Gasteiger partial charge in [-0.25, -0.2) is 8.42 Å². The van der Waals surface area contributed by atoms with E-state index in [0.717, 1.165) is 11.4 Å². The van der Waals surface area contributed by atoms with Crippen molar-refractivity contribution in [1.82, 2.24) is 4.90 Å². The number of ether oxygens (including phenoxy) is 1. The molecular weight excluding hydrogens is 328 g/mol. The van der Waals surface area contributed by atoms with Gasteiger partial charge in [0.05, 0.1) is 18.1 Å². The van der Waals surface area contributed by atoms with E-state index in [1.165, 1.54) is 0 Å². The number of carbonyl (C=O) groups is 1. The number of rotatable bonds is 7. The molecule has 0 saturated carbocycles. The topological polar surface area (TPSA) is 75.7 Å². The summed E-state index contributed by atoms with van der Waals surface area (Å²) in [5.41, 5.74) is 0.828. The number of anilines is 1. The number of nitrogens with zero attached hydrogens (tertiary/aromatic N) is 1. The van der Waals surface area contributed by atoms with Gasteiger partial charge in [-0.1, -0.05) is 0 Å². The molecule has 6 nitrogen and oxygen atoms in total. The Hall–Kier alpha value is -1.76. The Kier molecular flexibility index (Phi) is 6.10. The number of carbonyl (C=O) groups excluding carboxylic acids is 1. The van der Waals surface area contributed by atoms with E-state index in [4.69, 9.17) is 4.74 Å². The van der Waals surface area contributed by atoms with Gasteiger partial charge in [-0.2, -0.15) is 0 Å². The van der Waals surface area contributed by atoms with Gasteiger partial charge < -0.3 is 15.0 Å². The van der Waals surface area contributed by atoms with Gasteiger partial charge in [-0.05, 0) is 51.5 Å². The number of hydrogen-bond acceptors (Lipinski definition) is 5. The molecule has 1 aliphatic rings. The molecule has 2 unspecified atom stereocenters. The fourth-order valence-electron chi connectivity index (χ4n) is 2.99. The maximum atomic E-state index is 12.7. The van der Waals surface area contributed by atoms with Crippen molar-refractivity contribution >= 4 is 21.4 Å². The quantitative estimate of drug-likeness (QED) is 0.810. The van der Waals surface area contributed by atoms with Crippen molar-refractivity contribution in [2.45, 2.75) is 39.3 Å². The minimum atomic E-state index is -3.01. The van der Waals surface area contributed by atoms with Gasteiger partial charge in [0.25, 0.3) is 0 Å². The third-order valence-electron chi connectivity index (χ3n) is 4.19. The first kappa shape index (κ1) is 18.6. The molecule has 1 aromatic carbocycles. The molecule has 1 aromatic rings. The molecule has 0 bridgehead atoms. The zero-order valence-corrected chi connectivity index (χ0v) is 15.3. The van der Waals surface area contributed by atoms with Crippen molar-refractivity contribution in [2.24, 2.45) is 0 Å². The lowest BCUT2D eigenvalue weighted by atomic mass is 10.1. The van der Waals surface area contributed by atoms with Gasteiger partial charge in [0.2, 0.25) is 5.91 Å². The van der Waals surface area contributed by atoms with Crippen LogP contribution in [0, 0.1) is 0 Å². The van der Waals surface area contributed by atoms with E-state index < -0.39 is 15.9 Å². The van der Waals surface area contributed by atoms with Crippen molar-refractivity contribution in [2.75, 3.05) is 30.0 Å². The maximum Gasteiger partial charge on any atom is 0.245 e. The Morgan fingerprint density at radius 3 is 2.50 bits per heavy atom. The normalized spacial score (nSPS) is 20.4. The highest BCUT2D eigenvalue weighted by Crippen LogP contribution is 2.20. The number of likely N-dealkylation sites (N-methyl/N-ethyl adjacent to an activating group) is 1. The van der Waals surface area contributed by atoms with E-state index in [0.29, 0.717) is 19.6 Å². The second kappa shape index (κ2) is 7.88. The van der Waals surface area contributed by atoms with Crippen LogP contribution in [0.3, 0.4) is 0 Å². The average Bonchev–Trinajstić information content (AvgIpc) is 2.90. The van der Waals surface area contributed by atoms with E-state index in [-0.39, 0.29) is 23.5 Å². The van der Waals surface area contributed by atoms with Gasteiger partial charge in [0, 0.05) is 18.3 Å². The van der Waals surface area contributed by atoms with Crippen molar-refractivity contribution in [3.63, 3.8) is 0 Å². The highest BCUT2D eigenvalue weighted by Gasteiger charge is 2.35. The zero-order chi connectivity index (χ0) is 17.7. The largest absolute Gasteiger partial charge is 0.494 e. The Bertz CT molecular complexity index is 658. The smallest absolute Gasteiger partial charge is 0.245 e. The third kappa shape index (κ3) is 4.63. The highest BCUT2D eigenvalue weighted by molar-refractivity contribution is 7.91. The number of sulfone groups is 1. The molecule has 1 fully saturated rings. The lowest BCUT2D eigenvalue weighted by Crippen LogP contribution is -2.47. The summed E-state index contributed by atoms with van der Waals surface area (Å²) in [5.74, 6) is 0.951. The van der Waals surface area contributed by atoms with Crippen LogP contribution in [0.4, 0.5) is 5.69 Å². The Morgan fingerprint density at radius 1 is 1.33 bits per heavy atom. The molecule has 2 atom stereocenters. The SMILES string of the molecule is CCOc1ccc(NC(C)C(=O)N(CC)C2CCS(=O)(=O)C2)cc1. The number of benzene rings is 1. The van der Waals surface area contributed by atoms with Gasteiger partial charge in [0.15, 0.2) is 9.84 Å². The Balaban J connectivity index is 1.99. The molecule has 24 heavy (non-hydrogen) atoms. The Labute approximate surface area is 144 Å². The monoisotopic (exact) mass is 354 g/mol. The van der Waals surface area contributed by atoms with Crippen LogP contribution in [-0.4, -0.2) is 56.0 Å². The molecule has 1 heterocycles. The number of hydrogen-bond donors (Lipinski definition) is 1. The van der Waals surface area contributed by atoms with Gasteiger partial charge >= 0.3 is 0 Å². The van der Waals surface area contributed by atoms with Gasteiger partial charge in [-0.15, -0.1) is 0 Å².